The van der Waals surface area contributed by atoms with Crippen LogP contribution in [0.1, 0.15) is 50.6 Å². The van der Waals surface area contributed by atoms with E-state index in [0.717, 1.165) is 18.1 Å². The SMILES string of the molecule is CCOc1cccc(C(CC2CCCC2)NN)c1. The number of benzene rings is 1. The molecule has 0 heterocycles. The molecule has 1 aromatic rings. The molecular formula is C15H24N2O. The van der Waals surface area contributed by atoms with E-state index in [2.05, 4.69) is 17.6 Å². The molecule has 1 saturated carbocycles. The van der Waals surface area contributed by atoms with Crippen LogP contribution in [0.5, 0.6) is 5.75 Å². The Hall–Kier alpha value is -1.06. The Labute approximate surface area is 110 Å². The van der Waals surface area contributed by atoms with E-state index in [1.807, 2.05) is 19.1 Å². The Morgan fingerprint density at radius 1 is 1.39 bits per heavy atom. The minimum absolute atomic E-state index is 0.244. The van der Waals surface area contributed by atoms with Crippen LogP contribution < -0.4 is 16.0 Å². The molecule has 1 unspecified atom stereocenters. The molecule has 3 nitrogen and oxygen atoms in total. The summed E-state index contributed by atoms with van der Waals surface area (Å²) in [6, 6.07) is 8.51. The van der Waals surface area contributed by atoms with Crippen molar-refractivity contribution in [2.75, 3.05) is 6.61 Å². The van der Waals surface area contributed by atoms with Gasteiger partial charge in [0.25, 0.3) is 0 Å². The van der Waals surface area contributed by atoms with Crippen molar-refractivity contribution in [3.8, 4) is 5.75 Å². The molecule has 0 saturated heterocycles. The van der Waals surface area contributed by atoms with Crippen LogP contribution in [0.2, 0.25) is 0 Å². The number of rotatable bonds is 6. The first kappa shape index (κ1) is 13.4. The third kappa shape index (κ3) is 3.47. The van der Waals surface area contributed by atoms with Gasteiger partial charge in [0.1, 0.15) is 5.75 Å². The topological polar surface area (TPSA) is 47.3 Å². The minimum atomic E-state index is 0.244. The summed E-state index contributed by atoms with van der Waals surface area (Å²) >= 11 is 0. The molecule has 0 spiro atoms. The first-order valence-corrected chi connectivity index (χ1v) is 7.02. The second-order valence-electron chi connectivity index (χ2n) is 5.11. The zero-order chi connectivity index (χ0) is 12.8. The van der Waals surface area contributed by atoms with Gasteiger partial charge in [-0.1, -0.05) is 37.8 Å². The quantitative estimate of drug-likeness (QED) is 0.600. The highest BCUT2D eigenvalue weighted by molar-refractivity contribution is 5.30. The number of hydrogen-bond donors (Lipinski definition) is 2. The molecule has 0 bridgehead atoms. The highest BCUT2D eigenvalue weighted by atomic mass is 16.5. The summed E-state index contributed by atoms with van der Waals surface area (Å²) in [5.74, 6) is 7.47. The van der Waals surface area contributed by atoms with Gasteiger partial charge in [0, 0.05) is 6.04 Å². The largest absolute Gasteiger partial charge is 0.494 e. The molecule has 2 rings (SSSR count). The average molecular weight is 248 g/mol. The molecule has 100 valence electrons. The fourth-order valence-electron chi connectivity index (χ4n) is 2.87. The zero-order valence-electron chi connectivity index (χ0n) is 11.2. The Morgan fingerprint density at radius 2 is 2.17 bits per heavy atom. The average Bonchev–Trinajstić information content (AvgIpc) is 2.89. The molecule has 1 atom stereocenters. The molecule has 18 heavy (non-hydrogen) atoms. The molecule has 0 radical (unpaired) electrons. The summed E-state index contributed by atoms with van der Waals surface area (Å²) in [7, 11) is 0. The van der Waals surface area contributed by atoms with Gasteiger partial charge in [0.2, 0.25) is 0 Å². The van der Waals surface area contributed by atoms with Gasteiger partial charge in [-0.25, -0.2) is 0 Å². The summed E-state index contributed by atoms with van der Waals surface area (Å²) in [5, 5.41) is 0. The number of nitrogens with one attached hydrogen (secondary N) is 1. The van der Waals surface area contributed by atoms with Crippen LogP contribution in [-0.4, -0.2) is 6.61 Å². The van der Waals surface area contributed by atoms with Crippen LogP contribution in [-0.2, 0) is 0 Å². The van der Waals surface area contributed by atoms with E-state index >= 15 is 0 Å². The molecule has 1 aliphatic rings. The Kier molecular flexibility index (Phi) is 5.02. The normalized spacial score (nSPS) is 17.9. The van der Waals surface area contributed by atoms with E-state index in [0.29, 0.717) is 6.61 Å². The number of hydrazine groups is 1. The number of hydrogen-bond acceptors (Lipinski definition) is 3. The fraction of sp³-hybridized carbons (Fsp3) is 0.600. The van der Waals surface area contributed by atoms with Gasteiger partial charge in [-0.3, -0.25) is 11.3 Å². The summed E-state index contributed by atoms with van der Waals surface area (Å²) in [6.07, 6.45) is 6.58. The third-order valence-electron chi connectivity index (χ3n) is 3.82. The lowest BCUT2D eigenvalue weighted by Gasteiger charge is -2.20. The molecule has 0 amide bonds. The lowest BCUT2D eigenvalue weighted by molar-refractivity contribution is 0.338. The lowest BCUT2D eigenvalue weighted by Crippen LogP contribution is -2.29. The van der Waals surface area contributed by atoms with Crippen molar-refractivity contribution < 1.29 is 4.74 Å². The lowest BCUT2D eigenvalue weighted by atomic mass is 9.94. The highest BCUT2D eigenvalue weighted by Gasteiger charge is 2.20. The van der Waals surface area contributed by atoms with Gasteiger partial charge in [-0.15, -0.1) is 0 Å². The first-order valence-electron chi connectivity index (χ1n) is 7.02. The van der Waals surface area contributed by atoms with Crippen molar-refractivity contribution in [3.63, 3.8) is 0 Å². The first-order chi connectivity index (χ1) is 8.83. The summed E-state index contributed by atoms with van der Waals surface area (Å²) < 4.78 is 5.54. The summed E-state index contributed by atoms with van der Waals surface area (Å²) in [6.45, 7) is 2.71. The van der Waals surface area contributed by atoms with Gasteiger partial charge in [-0.05, 0) is 37.0 Å². The maximum absolute atomic E-state index is 5.72. The molecule has 3 N–H and O–H groups in total. The second kappa shape index (κ2) is 6.76. The van der Waals surface area contributed by atoms with Crippen LogP contribution in [0.15, 0.2) is 24.3 Å². The standard InChI is InChI=1S/C15H24N2O/c1-2-18-14-9-5-8-13(11-14)15(17-16)10-12-6-3-4-7-12/h5,8-9,11-12,15,17H,2-4,6-7,10,16H2,1H3. The Balaban J connectivity index is 2.03. The molecule has 1 aromatic carbocycles. The van der Waals surface area contributed by atoms with Crippen LogP contribution in [0.25, 0.3) is 0 Å². The van der Waals surface area contributed by atoms with Crippen molar-refractivity contribution in [1.29, 1.82) is 0 Å². The van der Waals surface area contributed by atoms with Gasteiger partial charge in [0.05, 0.1) is 6.61 Å². The summed E-state index contributed by atoms with van der Waals surface area (Å²) in [4.78, 5) is 0. The van der Waals surface area contributed by atoms with E-state index in [9.17, 15) is 0 Å². The van der Waals surface area contributed by atoms with Crippen LogP contribution in [0, 0.1) is 5.92 Å². The van der Waals surface area contributed by atoms with Crippen molar-refractivity contribution >= 4 is 0 Å². The smallest absolute Gasteiger partial charge is 0.119 e. The van der Waals surface area contributed by atoms with Gasteiger partial charge in [-0.2, -0.15) is 0 Å². The fourth-order valence-corrected chi connectivity index (χ4v) is 2.87. The minimum Gasteiger partial charge on any atom is -0.494 e. The number of nitrogens with two attached hydrogens (primary N) is 1. The van der Waals surface area contributed by atoms with Crippen molar-refractivity contribution in [3.05, 3.63) is 29.8 Å². The summed E-state index contributed by atoms with van der Waals surface area (Å²) in [5.41, 5.74) is 4.19. The van der Waals surface area contributed by atoms with E-state index in [-0.39, 0.29) is 6.04 Å². The third-order valence-corrected chi connectivity index (χ3v) is 3.82. The molecule has 0 aromatic heterocycles. The van der Waals surface area contributed by atoms with Gasteiger partial charge < -0.3 is 4.74 Å². The highest BCUT2D eigenvalue weighted by Crippen LogP contribution is 2.33. The van der Waals surface area contributed by atoms with Crippen LogP contribution >= 0.6 is 0 Å². The van der Waals surface area contributed by atoms with E-state index in [4.69, 9.17) is 10.6 Å². The van der Waals surface area contributed by atoms with E-state index in [1.54, 1.807) is 0 Å². The molecule has 1 aliphatic carbocycles. The molecule has 0 aliphatic heterocycles. The van der Waals surface area contributed by atoms with Gasteiger partial charge in [0.15, 0.2) is 0 Å². The van der Waals surface area contributed by atoms with Crippen LogP contribution in [0.3, 0.4) is 0 Å². The molecular weight excluding hydrogens is 224 g/mol. The monoisotopic (exact) mass is 248 g/mol. The van der Waals surface area contributed by atoms with Crippen molar-refractivity contribution in [2.45, 2.75) is 45.1 Å². The van der Waals surface area contributed by atoms with E-state index in [1.165, 1.54) is 31.2 Å². The van der Waals surface area contributed by atoms with Crippen molar-refractivity contribution in [2.24, 2.45) is 11.8 Å². The predicted molar refractivity (Wildman–Crippen MR) is 74.3 cm³/mol. The molecule has 1 fully saturated rings. The van der Waals surface area contributed by atoms with Crippen molar-refractivity contribution in [1.82, 2.24) is 5.43 Å². The maximum Gasteiger partial charge on any atom is 0.119 e. The Morgan fingerprint density at radius 3 is 2.83 bits per heavy atom. The number of ether oxygens (including phenoxy) is 1. The predicted octanol–water partition coefficient (Wildman–Crippen LogP) is 3.17. The zero-order valence-corrected chi connectivity index (χ0v) is 11.2. The maximum atomic E-state index is 5.72. The van der Waals surface area contributed by atoms with Crippen LogP contribution in [0.4, 0.5) is 0 Å². The van der Waals surface area contributed by atoms with Gasteiger partial charge >= 0.3 is 0 Å². The Bertz CT molecular complexity index is 361. The molecule has 3 heteroatoms. The van der Waals surface area contributed by atoms with E-state index < -0.39 is 0 Å². The second-order valence-corrected chi connectivity index (χ2v) is 5.11.